The molecule has 1 fully saturated rings. The van der Waals surface area contributed by atoms with Gasteiger partial charge >= 0.3 is 5.97 Å². The highest BCUT2D eigenvalue weighted by molar-refractivity contribution is 7.13. The average molecular weight is 346 g/mol. The first-order valence-corrected chi connectivity index (χ1v) is 9.12. The maximum atomic E-state index is 11.6. The van der Waals surface area contributed by atoms with Crippen LogP contribution >= 0.6 is 11.3 Å². The Kier molecular flexibility index (Phi) is 5.96. The normalized spacial score (nSPS) is 15.4. The predicted octanol–water partition coefficient (Wildman–Crippen LogP) is 2.75. The maximum absolute atomic E-state index is 11.6. The van der Waals surface area contributed by atoms with Crippen LogP contribution in [0.1, 0.15) is 18.2 Å². The molecule has 0 spiro atoms. The number of morpholine rings is 1. The summed E-state index contributed by atoms with van der Waals surface area (Å²) in [5, 5.41) is 2.87. The standard InChI is InChI=1S/C18H22N2O3S/c1-2-23-17(21)11-16-13-24-18(19-16)15-5-3-4-14(10-15)12-20-6-8-22-9-7-20/h3-5,10,13H,2,6-9,11-12H2,1H3. The van der Waals surface area contributed by atoms with Crippen molar-refractivity contribution >= 4 is 17.3 Å². The van der Waals surface area contributed by atoms with Gasteiger partial charge in [-0.2, -0.15) is 0 Å². The summed E-state index contributed by atoms with van der Waals surface area (Å²) in [6.45, 7) is 6.71. The Balaban J connectivity index is 1.67. The van der Waals surface area contributed by atoms with Gasteiger partial charge in [0.25, 0.3) is 0 Å². The fourth-order valence-electron chi connectivity index (χ4n) is 2.70. The SMILES string of the molecule is CCOC(=O)Cc1csc(-c2cccc(CN3CCOCC3)c2)n1. The molecule has 3 rings (SSSR count). The lowest BCUT2D eigenvalue weighted by molar-refractivity contribution is -0.142. The second-order valence-electron chi connectivity index (χ2n) is 5.71. The molecular formula is C18H22N2O3S. The smallest absolute Gasteiger partial charge is 0.311 e. The summed E-state index contributed by atoms with van der Waals surface area (Å²) in [4.78, 5) is 18.5. The number of ether oxygens (including phenoxy) is 2. The predicted molar refractivity (Wildman–Crippen MR) is 94.0 cm³/mol. The van der Waals surface area contributed by atoms with E-state index in [2.05, 4.69) is 34.1 Å². The fourth-order valence-corrected chi connectivity index (χ4v) is 3.52. The van der Waals surface area contributed by atoms with Gasteiger partial charge in [-0.15, -0.1) is 11.3 Å². The summed E-state index contributed by atoms with van der Waals surface area (Å²) >= 11 is 1.56. The minimum absolute atomic E-state index is 0.226. The van der Waals surface area contributed by atoms with E-state index in [1.165, 1.54) is 5.56 Å². The van der Waals surface area contributed by atoms with Gasteiger partial charge in [0.1, 0.15) is 5.01 Å². The Morgan fingerprint density at radius 1 is 1.38 bits per heavy atom. The van der Waals surface area contributed by atoms with Crippen LogP contribution in [0, 0.1) is 0 Å². The molecule has 1 aromatic carbocycles. The Bertz CT molecular complexity index is 680. The largest absolute Gasteiger partial charge is 0.466 e. The highest BCUT2D eigenvalue weighted by atomic mass is 32.1. The summed E-state index contributed by atoms with van der Waals surface area (Å²) in [6, 6.07) is 8.46. The van der Waals surface area contributed by atoms with Crippen molar-refractivity contribution in [2.75, 3.05) is 32.9 Å². The summed E-state index contributed by atoms with van der Waals surface area (Å²) in [5.74, 6) is -0.226. The van der Waals surface area contributed by atoms with Crippen molar-refractivity contribution in [3.63, 3.8) is 0 Å². The van der Waals surface area contributed by atoms with Crippen LogP contribution in [0.3, 0.4) is 0 Å². The summed E-state index contributed by atoms with van der Waals surface area (Å²) in [7, 11) is 0. The van der Waals surface area contributed by atoms with Crippen LogP contribution in [0.25, 0.3) is 10.6 Å². The number of nitrogens with zero attached hydrogens (tertiary/aromatic N) is 2. The third-order valence-electron chi connectivity index (χ3n) is 3.87. The monoisotopic (exact) mass is 346 g/mol. The number of benzene rings is 1. The molecule has 0 amide bonds. The molecule has 0 bridgehead atoms. The fraction of sp³-hybridized carbons (Fsp3) is 0.444. The minimum Gasteiger partial charge on any atom is -0.466 e. The van der Waals surface area contributed by atoms with E-state index in [9.17, 15) is 4.79 Å². The van der Waals surface area contributed by atoms with Gasteiger partial charge in [0.05, 0.1) is 31.9 Å². The topological polar surface area (TPSA) is 51.7 Å². The van der Waals surface area contributed by atoms with E-state index >= 15 is 0 Å². The van der Waals surface area contributed by atoms with E-state index in [-0.39, 0.29) is 12.4 Å². The number of thiazole rings is 1. The number of aromatic nitrogens is 1. The van der Waals surface area contributed by atoms with E-state index in [0.717, 1.165) is 49.1 Å². The van der Waals surface area contributed by atoms with Crippen LogP contribution in [0.15, 0.2) is 29.6 Å². The molecular weight excluding hydrogens is 324 g/mol. The van der Waals surface area contributed by atoms with Crippen molar-refractivity contribution in [2.24, 2.45) is 0 Å². The second kappa shape index (κ2) is 8.37. The molecule has 2 aromatic rings. The lowest BCUT2D eigenvalue weighted by Crippen LogP contribution is -2.35. The van der Waals surface area contributed by atoms with Crippen molar-refractivity contribution in [3.8, 4) is 10.6 Å². The van der Waals surface area contributed by atoms with Crippen LogP contribution < -0.4 is 0 Å². The first kappa shape index (κ1) is 17.1. The molecule has 6 heteroatoms. The van der Waals surface area contributed by atoms with Gasteiger partial charge in [-0.25, -0.2) is 4.98 Å². The number of rotatable bonds is 6. The van der Waals surface area contributed by atoms with E-state index in [1.807, 2.05) is 12.3 Å². The molecule has 0 unspecified atom stereocenters. The Morgan fingerprint density at radius 2 is 2.21 bits per heavy atom. The van der Waals surface area contributed by atoms with Gasteiger partial charge < -0.3 is 9.47 Å². The molecule has 1 aliphatic rings. The van der Waals surface area contributed by atoms with Crippen molar-refractivity contribution in [2.45, 2.75) is 19.9 Å². The third-order valence-corrected chi connectivity index (χ3v) is 4.81. The molecule has 24 heavy (non-hydrogen) atoms. The molecule has 1 aromatic heterocycles. The highest BCUT2D eigenvalue weighted by Gasteiger charge is 2.13. The lowest BCUT2D eigenvalue weighted by atomic mass is 10.1. The van der Waals surface area contributed by atoms with Crippen molar-refractivity contribution < 1.29 is 14.3 Å². The molecule has 5 nitrogen and oxygen atoms in total. The van der Waals surface area contributed by atoms with Gasteiger partial charge in [0.2, 0.25) is 0 Å². The molecule has 0 aliphatic carbocycles. The summed E-state index contributed by atoms with van der Waals surface area (Å²) in [6.07, 6.45) is 0.234. The zero-order valence-corrected chi connectivity index (χ0v) is 14.7. The average Bonchev–Trinajstić information content (AvgIpc) is 3.05. The Morgan fingerprint density at radius 3 is 3.00 bits per heavy atom. The zero-order valence-electron chi connectivity index (χ0n) is 13.9. The van der Waals surface area contributed by atoms with Gasteiger partial charge in [0.15, 0.2) is 0 Å². The van der Waals surface area contributed by atoms with Gasteiger partial charge in [-0.3, -0.25) is 9.69 Å². The van der Waals surface area contributed by atoms with Crippen molar-refractivity contribution in [3.05, 3.63) is 40.9 Å². The second-order valence-corrected chi connectivity index (χ2v) is 6.57. The van der Waals surface area contributed by atoms with Crippen molar-refractivity contribution in [1.29, 1.82) is 0 Å². The van der Waals surface area contributed by atoms with Gasteiger partial charge in [-0.05, 0) is 18.6 Å². The van der Waals surface area contributed by atoms with Crippen molar-refractivity contribution in [1.82, 2.24) is 9.88 Å². The molecule has 0 radical (unpaired) electrons. The Labute approximate surface area is 146 Å². The first-order valence-electron chi connectivity index (χ1n) is 8.24. The van der Waals surface area contributed by atoms with E-state index in [1.54, 1.807) is 11.3 Å². The molecule has 0 atom stereocenters. The zero-order chi connectivity index (χ0) is 16.8. The number of carbonyl (C=O) groups excluding carboxylic acids is 1. The van der Waals surface area contributed by atoms with E-state index in [0.29, 0.717) is 6.61 Å². The van der Waals surface area contributed by atoms with Crippen LogP contribution in [0.5, 0.6) is 0 Å². The first-order chi connectivity index (χ1) is 11.7. The maximum Gasteiger partial charge on any atom is 0.311 e. The highest BCUT2D eigenvalue weighted by Crippen LogP contribution is 2.25. The Hall–Kier alpha value is -1.76. The molecule has 0 N–H and O–H groups in total. The summed E-state index contributed by atoms with van der Waals surface area (Å²) in [5.41, 5.74) is 3.14. The molecule has 128 valence electrons. The van der Waals surface area contributed by atoms with Gasteiger partial charge in [0, 0.05) is 30.6 Å². The quantitative estimate of drug-likeness (QED) is 0.753. The molecule has 1 saturated heterocycles. The summed E-state index contributed by atoms with van der Waals surface area (Å²) < 4.78 is 10.4. The number of hydrogen-bond acceptors (Lipinski definition) is 6. The molecule has 0 saturated carbocycles. The van der Waals surface area contributed by atoms with Crippen LogP contribution in [-0.4, -0.2) is 48.8 Å². The number of carbonyl (C=O) groups is 1. The number of hydrogen-bond donors (Lipinski definition) is 0. The van der Waals surface area contributed by atoms with Crippen LogP contribution in [0.2, 0.25) is 0 Å². The van der Waals surface area contributed by atoms with E-state index < -0.39 is 0 Å². The van der Waals surface area contributed by atoms with Crippen LogP contribution in [-0.2, 0) is 27.2 Å². The minimum atomic E-state index is -0.226. The van der Waals surface area contributed by atoms with E-state index in [4.69, 9.17) is 9.47 Å². The van der Waals surface area contributed by atoms with Crippen LogP contribution in [0.4, 0.5) is 0 Å². The molecule has 2 heterocycles. The lowest BCUT2D eigenvalue weighted by Gasteiger charge is -2.26. The number of esters is 1. The third kappa shape index (κ3) is 4.63. The molecule has 1 aliphatic heterocycles. The van der Waals surface area contributed by atoms with Gasteiger partial charge in [-0.1, -0.05) is 18.2 Å².